The molecule has 0 aliphatic heterocycles. The van der Waals surface area contributed by atoms with Crippen LogP contribution in [0.15, 0.2) is 24.5 Å². The number of hydrogen-bond acceptors (Lipinski definition) is 6. The lowest BCUT2D eigenvalue weighted by atomic mass is 10.1. The Morgan fingerprint density at radius 3 is 2.80 bits per heavy atom. The number of nitrogens with zero attached hydrogens (tertiary/aromatic N) is 3. The monoisotopic (exact) mass is 344 g/mol. The van der Waals surface area contributed by atoms with E-state index in [4.69, 9.17) is 9.84 Å². The highest BCUT2D eigenvalue weighted by Crippen LogP contribution is 2.25. The van der Waals surface area contributed by atoms with Crippen LogP contribution in [-0.2, 0) is 6.54 Å². The smallest absolute Gasteiger partial charge is 0.270 e. The normalized spacial score (nSPS) is 10.4. The second-order valence-electron chi connectivity index (χ2n) is 5.78. The Bertz CT molecular complexity index is 749. The second kappa shape index (κ2) is 8.43. The van der Waals surface area contributed by atoms with Crippen LogP contribution in [0.2, 0.25) is 0 Å². The zero-order valence-corrected chi connectivity index (χ0v) is 15.0. The predicted octanol–water partition coefficient (Wildman–Crippen LogP) is 1.46. The van der Waals surface area contributed by atoms with Gasteiger partial charge in [-0.1, -0.05) is 0 Å². The Balaban J connectivity index is 2.19. The molecule has 0 aliphatic carbocycles. The molecule has 2 aromatic rings. The molecule has 2 rings (SSSR count). The van der Waals surface area contributed by atoms with Crippen LogP contribution in [0.5, 0.6) is 5.75 Å². The summed E-state index contributed by atoms with van der Waals surface area (Å²) in [6.07, 6.45) is 3.39. The van der Waals surface area contributed by atoms with Gasteiger partial charge >= 0.3 is 0 Å². The van der Waals surface area contributed by atoms with Gasteiger partial charge in [-0.3, -0.25) is 14.8 Å². The van der Waals surface area contributed by atoms with Gasteiger partial charge in [0.2, 0.25) is 0 Å². The highest BCUT2D eigenvalue weighted by molar-refractivity contribution is 5.93. The van der Waals surface area contributed by atoms with E-state index in [0.717, 1.165) is 28.3 Å². The largest absolute Gasteiger partial charge is 0.496 e. The van der Waals surface area contributed by atoms with Crippen molar-refractivity contribution in [1.29, 1.82) is 0 Å². The molecule has 7 heteroatoms. The molecular formula is C18H24N4O3. The number of pyridine rings is 2. The maximum absolute atomic E-state index is 12.0. The molecular weight excluding hydrogens is 320 g/mol. The van der Waals surface area contributed by atoms with E-state index in [1.54, 1.807) is 25.6 Å². The van der Waals surface area contributed by atoms with Crippen LogP contribution in [0.25, 0.3) is 0 Å². The van der Waals surface area contributed by atoms with E-state index in [1.807, 2.05) is 31.9 Å². The van der Waals surface area contributed by atoms with E-state index < -0.39 is 0 Å². The van der Waals surface area contributed by atoms with Gasteiger partial charge in [-0.2, -0.15) is 0 Å². The summed E-state index contributed by atoms with van der Waals surface area (Å²) >= 11 is 0. The fraction of sp³-hybridized carbons (Fsp3) is 0.389. The van der Waals surface area contributed by atoms with Crippen LogP contribution < -0.4 is 15.0 Å². The number of hydrogen-bond donors (Lipinski definition) is 2. The number of methoxy groups -OCH3 is 1. The Labute approximate surface area is 147 Å². The van der Waals surface area contributed by atoms with E-state index in [-0.39, 0.29) is 19.1 Å². The van der Waals surface area contributed by atoms with Gasteiger partial charge in [0.25, 0.3) is 5.91 Å². The Hall–Kier alpha value is -2.67. The molecule has 134 valence electrons. The number of amides is 1. The lowest BCUT2D eigenvalue weighted by Crippen LogP contribution is -2.27. The van der Waals surface area contributed by atoms with Gasteiger partial charge in [0.05, 0.1) is 26.0 Å². The minimum Gasteiger partial charge on any atom is -0.496 e. The highest BCUT2D eigenvalue weighted by atomic mass is 16.5. The van der Waals surface area contributed by atoms with E-state index in [1.165, 1.54) is 0 Å². The molecule has 0 unspecified atom stereocenters. The summed E-state index contributed by atoms with van der Waals surface area (Å²) < 4.78 is 5.45. The van der Waals surface area contributed by atoms with E-state index >= 15 is 0 Å². The van der Waals surface area contributed by atoms with E-state index in [0.29, 0.717) is 12.2 Å². The SMILES string of the molecule is COc1c(C)cnc(CN(C)c2ccnc(C(=O)NCCO)c2)c1C. The first-order chi connectivity index (χ1) is 12.0. The molecule has 2 aromatic heterocycles. The van der Waals surface area contributed by atoms with Gasteiger partial charge in [0.1, 0.15) is 11.4 Å². The minimum absolute atomic E-state index is 0.106. The molecule has 0 radical (unpaired) electrons. The summed E-state index contributed by atoms with van der Waals surface area (Å²) in [4.78, 5) is 22.6. The Morgan fingerprint density at radius 2 is 2.12 bits per heavy atom. The average Bonchev–Trinajstić information content (AvgIpc) is 2.62. The van der Waals surface area contributed by atoms with Crippen LogP contribution in [-0.4, -0.2) is 48.3 Å². The maximum Gasteiger partial charge on any atom is 0.270 e. The van der Waals surface area contributed by atoms with Crippen LogP contribution >= 0.6 is 0 Å². The Morgan fingerprint density at radius 1 is 1.36 bits per heavy atom. The zero-order chi connectivity index (χ0) is 18.4. The van der Waals surface area contributed by atoms with E-state index in [9.17, 15) is 4.79 Å². The molecule has 0 aliphatic rings. The molecule has 2 N–H and O–H groups in total. The molecule has 0 spiro atoms. The van der Waals surface area contributed by atoms with Crippen molar-refractivity contribution in [2.75, 3.05) is 32.2 Å². The van der Waals surface area contributed by atoms with Crippen molar-refractivity contribution < 1.29 is 14.6 Å². The van der Waals surface area contributed by atoms with Crippen molar-refractivity contribution in [3.63, 3.8) is 0 Å². The number of aliphatic hydroxyl groups excluding tert-OH is 1. The molecule has 0 saturated heterocycles. The van der Waals surface area contributed by atoms with Gasteiger partial charge in [-0.15, -0.1) is 0 Å². The third-order valence-electron chi connectivity index (χ3n) is 3.95. The fourth-order valence-corrected chi connectivity index (χ4v) is 2.59. The lowest BCUT2D eigenvalue weighted by Gasteiger charge is -2.21. The number of aryl methyl sites for hydroxylation is 1. The molecule has 0 bridgehead atoms. The van der Waals surface area contributed by atoms with Crippen molar-refractivity contribution in [3.05, 3.63) is 47.0 Å². The quantitative estimate of drug-likeness (QED) is 0.791. The minimum atomic E-state index is -0.310. The van der Waals surface area contributed by atoms with Crippen LogP contribution in [0, 0.1) is 13.8 Å². The summed E-state index contributed by atoms with van der Waals surface area (Å²) in [6, 6.07) is 3.55. The van der Waals surface area contributed by atoms with Gasteiger partial charge in [-0.05, 0) is 26.0 Å². The van der Waals surface area contributed by atoms with Crippen molar-refractivity contribution >= 4 is 11.6 Å². The molecule has 1 amide bonds. The average molecular weight is 344 g/mol. The number of aromatic nitrogens is 2. The standard InChI is InChI=1S/C18H24N4O3/c1-12-10-21-16(13(2)17(12)25-4)11-22(3)14-5-6-19-15(9-14)18(24)20-7-8-23/h5-6,9-10,23H,7-8,11H2,1-4H3,(H,20,24). The van der Waals surface area contributed by atoms with Crippen molar-refractivity contribution in [1.82, 2.24) is 15.3 Å². The molecule has 0 saturated carbocycles. The van der Waals surface area contributed by atoms with Crippen molar-refractivity contribution in [2.24, 2.45) is 0 Å². The number of aliphatic hydroxyl groups is 1. The van der Waals surface area contributed by atoms with Crippen LogP contribution in [0.4, 0.5) is 5.69 Å². The summed E-state index contributed by atoms with van der Waals surface area (Å²) in [5.74, 6) is 0.535. The summed E-state index contributed by atoms with van der Waals surface area (Å²) in [6.45, 7) is 4.62. The predicted molar refractivity (Wildman–Crippen MR) is 96.0 cm³/mol. The molecule has 25 heavy (non-hydrogen) atoms. The van der Waals surface area contributed by atoms with E-state index in [2.05, 4.69) is 15.3 Å². The van der Waals surface area contributed by atoms with Gasteiger partial charge in [-0.25, -0.2) is 0 Å². The fourth-order valence-electron chi connectivity index (χ4n) is 2.59. The molecule has 0 fully saturated rings. The van der Waals surface area contributed by atoms with Gasteiger partial charge in [0.15, 0.2) is 0 Å². The second-order valence-corrected chi connectivity index (χ2v) is 5.78. The van der Waals surface area contributed by atoms with Crippen LogP contribution in [0.1, 0.15) is 27.3 Å². The first-order valence-corrected chi connectivity index (χ1v) is 8.03. The van der Waals surface area contributed by atoms with Crippen molar-refractivity contribution in [2.45, 2.75) is 20.4 Å². The van der Waals surface area contributed by atoms with Gasteiger partial charge < -0.3 is 20.1 Å². The van der Waals surface area contributed by atoms with Crippen molar-refractivity contribution in [3.8, 4) is 5.75 Å². The number of nitrogens with one attached hydrogen (secondary N) is 1. The summed E-state index contributed by atoms with van der Waals surface area (Å²) in [5.41, 5.74) is 4.07. The summed E-state index contributed by atoms with van der Waals surface area (Å²) in [7, 11) is 3.58. The zero-order valence-electron chi connectivity index (χ0n) is 15.0. The number of carbonyl (C=O) groups excluding carboxylic acids is 1. The third-order valence-corrected chi connectivity index (χ3v) is 3.95. The molecule has 2 heterocycles. The summed E-state index contributed by atoms with van der Waals surface area (Å²) in [5, 5.41) is 11.4. The number of carbonyl (C=O) groups is 1. The highest BCUT2D eigenvalue weighted by Gasteiger charge is 2.13. The Kier molecular flexibility index (Phi) is 6.30. The maximum atomic E-state index is 12.0. The number of ether oxygens (including phenoxy) is 1. The lowest BCUT2D eigenvalue weighted by molar-refractivity contribution is 0.0940. The molecule has 0 atom stereocenters. The van der Waals surface area contributed by atoms with Gasteiger partial charge in [0, 0.05) is 42.8 Å². The third kappa shape index (κ3) is 4.45. The number of anilines is 1. The number of rotatable bonds is 7. The topological polar surface area (TPSA) is 87.6 Å². The first kappa shape index (κ1) is 18.7. The molecule has 0 aromatic carbocycles. The van der Waals surface area contributed by atoms with Crippen LogP contribution in [0.3, 0.4) is 0 Å². The molecule has 7 nitrogen and oxygen atoms in total. The first-order valence-electron chi connectivity index (χ1n) is 8.03.